The largest absolute Gasteiger partial charge is 0.393 e. The van der Waals surface area contributed by atoms with Gasteiger partial charge in [0.2, 0.25) is 0 Å². The van der Waals surface area contributed by atoms with Crippen LogP contribution in [0, 0.1) is 5.92 Å². The molecule has 17 heavy (non-hydrogen) atoms. The van der Waals surface area contributed by atoms with Crippen LogP contribution in [0.15, 0.2) is 18.3 Å². The molecule has 2 nitrogen and oxygen atoms in total. The second-order valence-electron chi connectivity index (χ2n) is 4.16. The summed E-state index contributed by atoms with van der Waals surface area (Å²) in [6.45, 7) is 0.597. The van der Waals surface area contributed by atoms with Gasteiger partial charge in [-0.1, -0.05) is 11.6 Å². The van der Waals surface area contributed by atoms with Gasteiger partial charge in [0.25, 0.3) is 0 Å². The molecule has 1 unspecified atom stereocenters. The third kappa shape index (κ3) is 3.03. The van der Waals surface area contributed by atoms with E-state index in [-0.39, 0.29) is 13.0 Å². The van der Waals surface area contributed by atoms with E-state index in [9.17, 15) is 13.2 Å². The average Bonchev–Trinajstić information content (AvgIpc) is 2.29. The Kier molecular flexibility index (Phi) is 3.47. The molecule has 2 heterocycles. The van der Waals surface area contributed by atoms with Crippen LogP contribution in [0.25, 0.3) is 0 Å². The van der Waals surface area contributed by atoms with Crippen molar-refractivity contribution in [3.05, 3.63) is 23.4 Å². The Morgan fingerprint density at radius 3 is 2.71 bits per heavy atom. The summed E-state index contributed by atoms with van der Waals surface area (Å²) in [5.41, 5.74) is 0. The monoisotopic (exact) mass is 264 g/mol. The van der Waals surface area contributed by atoms with Gasteiger partial charge in [-0.25, -0.2) is 4.98 Å². The predicted octanol–water partition coefficient (Wildman–Crippen LogP) is 3.51. The van der Waals surface area contributed by atoms with Crippen molar-refractivity contribution in [3.63, 3.8) is 0 Å². The summed E-state index contributed by atoms with van der Waals surface area (Å²) in [7, 11) is 0. The van der Waals surface area contributed by atoms with Crippen molar-refractivity contribution >= 4 is 17.4 Å². The van der Waals surface area contributed by atoms with Gasteiger partial charge in [-0.15, -0.1) is 0 Å². The summed E-state index contributed by atoms with van der Waals surface area (Å²) >= 11 is 5.69. The molecule has 0 spiro atoms. The topological polar surface area (TPSA) is 16.1 Å². The highest BCUT2D eigenvalue weighted by Crippen LogP contribution is 2.34. The van der Waals surface area contributed by atoms with E-state index < -0.39 is 12.1 Å². The SMILES string of the molecule is FC(F)(F)C1CCCN(c2ccc(Cl)cn2)C1. The summed E-state index contributed by atoms with van der Waals surface area (Å²) in [5, 5.41) is 0.484. The minimum atomic E-state index is -4.12. The van der Waals surface area contributed by atoms with Crippen LogP contribution in [0.1, 0.15) is 12.8 Å². The number of pyridine rings is 1. The van der Waals surface area contributed by atoms with Crippen molar-refractivity contribution in [1.82, 2.24) is 4.98 Å². The summed E-state index contributed by atoms with van der Waals surface area (Å²) in [6, 6.07) is 3.29. The molecule has 1 saturated heterocycles. The number of hydrogen-bond acceptors (Lipinski definition) is 2. The quantitative estimate of drug-likeness (QED) is 0.772. The Bertz CT molecular complexity index is 377. The Morgan fingerprint density at radius 1 is 1.35 bits per heavy atom. The van der Waals surface area contributed by atoms with E-state index in [1.165, 1.54) is 6.20 Å². The van der Waals surface area contributed by atoms with Gasteiger partial charge in [0.05, 0.1) is 10.9 Å². The van der Waals surface area contributed by atoms with E-state index in [4.69, 9.17) is 11.6 Å². The molecular formula is C11H12ClF3N2. The number of anilines is 1. The van der Waals surface area contributed by atoms with Gasteiger partial charge in [-0.2, -0.15) is 13.2 Å². The van der Waals surface area contributed by atoms with Crippen LogP contribution >= 0.6 is 11.6 Å². The van der Waals surface area contributed by atoms with E-state index in [0.29, 0.717) is 23.8 Å². The third-order valence-corrected chi connectivity index (χ3v) is 3.14. The van der Waals surface area contributed by atoms with Crippen molar-refractivity contribution in [2.24, 2.45) is 5.92 Å². The first-order valence-electron chi connectivity index (χ1n) is 5.40. The maximum absolute atomic E-state index is 12.6. The van der Waals surface area contributed by atoms with Crippen molar-refractivity contribution in [2.45, 2.75) is 19.0 Å². The molecule has 1 aromatic heterocycles. The van der Waals surface area contributed by atoms with Crippen molar-refractivity contribution < 1.29 is 13.2 Å². The fourth-order valence-corrected chi connectivity index (χ4v) is 2.12. The Morgan fingerprint density at radius 2 is 2.12 bits per heavy atom. The summed E-state index contributed by atoms with van der Waals surface area (Å²) in [6.07, 6.45) is -1.93. The number of hydrogen-bond donors (Lipinski definition) is 0. The molecule has 94 valence electrons. The molecule has 0 bridgehead atoms. The van der Waals surface area contributed by atoms with Gasteiger partial charge in [0.1, 0.15) is 5.82 Å². The summed E-state index contributed by atoms with van der Waals surface area (Å²) in [5.74, 6) is -0.697. The van der Waals surface area contributed by atoms with Crippen LogP contribution in [0.5, 0.6) is 0 Å². The van der Waals surface area contributed by atoms with Crippen LogP contribution in [-0.4, -0.2) is 24.2 Å². The van der Waals surface area contributed by atoms with Crippen LogP contribution in [-0.2, 0) is 0 Å². The van der Waals surface area contributed by atoms with Gasteiger partial charge in [-0.05, 0) is 25.0 Å². The first kappa shape index (κ1) is 12.5. The highest BCUT2D eigenvalue weighted by atomic mass is 35.5. The molecular weight excluding hydrogens is 253 g/mol. The molecule has 0 N–H and O–H groups in total. The lowest BCUT2D eigenvalue weighted by Crippen LogP contribution is -2.42. The standard InChI is InChI=1S/C11H12ClF3N2/c12-9-3-4-10(16-6-9)17-5-1-2-8(7-17)11(13,14)15/h3-4,6,8H,1-2,5,7H2. The Balaban J connectivity index is 2.09. The van der Waals surface area contributed by atoms with Crippen LogP contribution in [0.4, 0.5) is 19.0 Å². The van der Waals surface area contributed by atoms with Gasteiger partial charge in [0, 0.05) is 19.3 Å². The van der Waals surface area contributed by atoms with Crippen LogP contribution in [0.2, 0.25) is 5.02 Å². The van der Waals surface area contributed by atoms with Gasteiger partial charge >= 0.3 is 6.18 Å². The van der Waals surface area contributed by atoms with Crippen LogP contribution in [0.3, 0.4) is 0 Å². The smallest absolute Gasteiger partial charge is 0.356 e. The second kappa shape index (κ2) is 4.72. The number of aromatic nitrogens is 1. The Labute approximate surface area is 102 Å². The first-order chi connectivity index (χ1) is 7.97. The minimum absolute atomic E-state index is 0.0157. The molecule has 1 aliphatic rings. The molecule has 1 aromatic rings. The lowest BCUT2D eigenvalue weighted by molar-refractivity contribution is -0.176. The fraction of sp³-hybridized carbons (Fsp3) is 0.545. The molecule has 0 saturated carbocycles. The maximum Gasteiger partial charge on any atom is 0.393 e. The zero-order valence-electron chi connectivity index (χ0n) is 9.04. The number of nitrogens with zero attached hydrogens (tertiary/aromatic N) is 2. The van der Waals surface area contributed by atoms with Crippen molar-refractivity contribution in [3.8, 4) is 0 Å². The predicted molar refractivity (Wildman–Crippen MR) is 60.2 cm³/mol. The number of halogens is 4. The zero-order valence-corrected chi connectivity index (χ0v) is 9.80. The third-order valence-electron chi connectivity index (χ3n) is 2.92. The molecule has 0 radical (unpaired) electrons. The number of rotatable bonds is 1. The molecule has 0 aromatic carbocycles. The molecule has 0 aliphatic carbocycles. The second-order valence-corrected chi connectivity index (χ2v) is 4.60. The van der Waals surface area contributed by atoms with E-state index in [1.807, 2.05) is 0 Å². The van der Waals surface area contributed by atoms with E-state index in [1.54, 1.807) is 17.0 Å². The maximum atomic E-state index is 12.6. The first-order valence-corrected chi connectivity index (χ1v) is 5.78. The number of alkyl halides is 3. The molecule has 0 amide bonds. The minimum Gasteiger partial charge on any atom is -0.356 e. The number of piperidine rings is 1. The Hall–Kier alpha value is -0.970. The lowest BCUT2D eigenvalue weighted by atomic mass is 9.97. The lowest BCUT2D eigenvalue weighted by Gasteiger charge is -2.34. The summed E-state index contributed by atoms with van der Waals surface area (Å²) in [4.78, 5) is 5.71. The van der Waals surface area contributed by atoms with Gasteiger partial charge in [-0.3, -0.25) is 0 Å². The molecule has 1 fully saturated rings. The van der Waals surface area contributed by atoms with Crippen molar-refractivity contribution in [2.75, 3.05) is 18.0 Å². The van der Waals surface area contributed by atoms with E-state index in [2.05, 4.69) is 4.98 Å². The van der Waals surface area contributed by atoms with E-state index >= 15 is 0 Å². The molecule has 1 atom stereocenters. The molecule has 1 aliphatic heterocycles. The summed E-state index contributed by atoms with van der Waals surface area (Å²) < 4.78 is 37.9. The van der Waals surface area contributed by atoms with Gasteiger partial charge < -0.3 is 4.90 Å². The highest BCUT2D eigenvalue weighted by Gasteiger charge is 2.41. The molecule has 2 rings (SSSR count). The van der Waals surface area contributed by atoms with E-state index in [0.717, 1.165) is 0 Å². The zero-order chi connectivity index (χ0) is 12.5. The normalized spacial score (nSPS) is 21.6. The fourth-order valence-electron chi connectivity index (χ4n) is 2.01. The van der Waals surface area contributed by atoms with Crippen LogP contribution < -0.4 is 4.90 Å². The molecule has 6 heteroatoms. The average molecular weight is 265 g/mol. The van der Waals surface area contributed by atoms with Crippen molar-refractivity contribution in [1.29, 1.82) is 0 Å². The van der Waals surface area contributed by atoms with Gasteiger partial charge in [0.15, 0.2) is 0 Å². The highest BCUT2D eigenvalue weighted by molar-refractivity contribution is 6.30.